The summed E-state index contributed by atoms with van der Waals surface area (Å²) in [6.45, 7) is 3.75. The topological polar surface area (TPSA) is 50.1 Å². The van der Waals surface area contributed by atoms with E-state index in [4.69, 9.17) is 0 Å². The van der Waals surface area contributed by atoms with Crippen LogP contribution in [0.15, 0.2) is 31.1 Å². The van der Waals surface area contributed by atoms with Crippen molar-refractivity contribution in [2.45, 2.75) is 50.5 Å². The minimum Gasteiger partial charge on any atom is -0.350 e. The molecule has 6 nitrogen and oxygen atoms in total. The lowest BCUT2D eigenvalue weighted by Gasteiger charge is -2.39. The van der Waals surface area contributed by atoms with Gasteiger partial charge in [-0.05, 0) is 25.7 Å². The number of hydrogen-bond acceptors (Lipinski definition) is 5. The van der Waals surface area contributed by atoms with Gasteiger partial charge in [0.1, 0.15) is 17.8 Å². The van der Waals surface area contributed by atoms with E-state index in [9.17, 15) is 13.2 Å². The second-order valence-corrected chi connectivity index (χ2v) is 7.27. The Labute approximate surface area is 156 Å². The number of hydrogen-bond donors (Lipinski definition) is 0. The lowest BCUT2D eigenvalue weighted by molar-refractivity contribution is -0.141. The van der Waals surface area contributed by atoms with E-state index < -0.39 is 11.9 Å². The number of piperidine rings is 1. The SMILES string of the molecule is FC(F)(F)c1cc(N(C2CC2)C2CCN(CCn3ccnc3)CC2)ncn1. The molecule has 0 spiro atoms. The maximum absolute atomic E-state index is 13.0. The first kappa shape index (κ1) is 18.2. The van der Waals surface area contributed by atoms with Crippen LogP contribution in [0.25, 0.3) is 0 Å². The van der Waals surface area contributed by atoms with Crippen LogP contribution in [0.5, 0.6) is 0 Å². The van der Waals surface area contributed by atoms with Crippen molar-refractivity contribution >= 4 is 5.82 Å². The van der Waals surface area contributed by atoms with Gasteiger partial charge in [-0.1, -0.05) is 0 Å². The molecule has 0 amide bonds. The van der Waals surface area contributed by atoms with E-state index in [1.54, 1.807) is 6.20 Å². The number of nitrogens with zero attached hydrogens (tertiary/aromatic N) is 6. The van der Waals surface area contributed by atoms with Crippen LogP contribution in [-0.4, -0.2) is 56.1 Å². The van der Waals surface area contributed by atoms with Gasteiger partial charge in [-0.15, -0.1) is 0 Å². The Morgan fingerprint density at radius 2 is 1.78 bits per heavy atom. The molecule has 0 bridgehead atoms. The second kappa shape index (κ2) is 7.46. The molecule has 0 unspecified atom stereocenters. The summed E-state index contributed by atoms with van der Waals surface area (Å²) in [7, 11) is 0. The van der Waals surface area contributed by atoms with Gasteiger partial charge in [0.15, 0.2) is 0 Å². The lowest BCUT2D eigenvalue weighted by atomic mass is 10.0. The van der Waals surface area contributed by atoms with Crippen LogP contribution in [0.1, 0.15) is 31.4 Å². The molecule has 146 valence electrons. The highest BCUT2D eigenvalue weighted by molar-refractivity contribution is 5.44. The number of likely N-dealkylation sites (tertiary alicyclic amines) is 1. The van der Waals surface area contributed by atoms with E-state index in [2.05, 4.69) is 29.3 Å². The predicted octanol–water partition coefficient (Wildman–Crippen LogP) is 2.83. The van der Waals surface area contributed by atoms with E-state index in [1.165, 1.54) is 0 Å². The van der Waals surface area contributed by atoms with Crippen molar-refractivity contribution in [1.82, 2.24) is 24.4 Å². The average molecular weight is 380 g/mol. The average Bonchev–Trinajstić information content (AvgIpc) is 3.34. The number of anilines is 1. The molecular formula is C18H23F3N6. The third kappa shape index (κ3) is 4.40. The summed E-state index contributed by atoms with van der Waals surface area (Å²) in [5, 5.41) is 0. The third-order valence-corrected chi connectivity index (χ3v) is 5.33. The van der Waals surface area contributed by atoms with Crippen molar-refractivity contribution in [3.8, 4) is 0 Å². The van der Waals surface area contributed by atoms with Gasteiger partial charge < -0.3 is 14.4 Å². The molecule has 1 saturated carbocycles. The van der Waals surface area contributed by atoms with Gasteiger partial charge in [-0.25, -0.2) is 15.0 Å². The number of alkyl halides is 3. The molecule has 1 aliphatic heterocycles. The molecule has 0 radical (unpaired) electrons. The van der Waals surface area contributed by atoms with Crippen molar-refractivity contribution in [2.24, 2.45) is 0 Å². The minimum atomic E-state index is -4.44. The first-order chi connectivity index (χ1) is 13.0. The van der Waals surface area contributed by atoms with Crippen LogP contribution < -0.4 is 4.90 Å². The Kier molecular flexibility index (Phi) is 5.03. The van der Waals surface area contributed by atoms with Gasteiger partial charge in [0.25, 0.3) is 0 Å². The summed E-state index contributed by atoms with van der Waals surface area (Å²) in [6.07, 6.45) is 6.05. The highest BCUT2D eigenvalue weighted by Crippen LogP contribution is 2.37. The van der Waals surface area contributed by atoms with E-state index in [-0.39, 0.29) is 6.04 Å². The largest absolute Gasteiger partial charge is 0.433 e. The molecule has 4 rings (SSSR count). The molecule has 1 saturated heterocycles. The molecule has 2 fully saturated rings. The summed E-state index contributed by atoms with van der Waals surface area (Å²) in [4.78, 5) is 16.1. The van der Waals surface area contributed by atoms with Gasteiger partial charge in [0, 0.05) is 56.7 Å². The molecule has 2 aromatic rings. The molecule has 0 atom stereocenters. The fourth-order valence-corrected chi connectivity index (χ4v) is 3.77. The Balaban J connectivity index is 1.39. The zero-order valence-corrected chi connectivity index (χ0v) is 15.0. The Hall–Kier alpha value is -2.16. The molecule has 0 N–H and O–H groups in total. The highest BCUT2D eigenvalue weighted by Gasteiger charge is 2.38. The van der Waals surface area contributed by atoms with Crippen molar-refractivity contribution in [1.29, 1.82) is 0 Å². The zero-order chi connectivity index (χ0) is 18.9. The molecule has 2 aromatic heterocycles. The first-order valence-corrected chi connectivity index (χ1v) is 9.36. The monoisotopic (exact) mass is 380 g/mol. The maximum atomic E-state index is 13.0. The fourth-order valence-electron chi connectivity index (χ4n) is 3.77. The van der Waals surface area contributed by atoms with Crippen LogP contribution in [-0.2, 0) is 12.7 Å². The maximum Gasteiger partial charge on any atom is 0.433 e. The van der Waals surface area contributed by atoms with Gasteiger partial charge in [-0.3, -0.25) is 0 Å². The van der Waals surface area contributed by atoms with Crippen LogP contribution in [0.4, 0.5) is 19.0 Å². The molecule has 27 heavy (non-hydrogen) atoms. The summed E-state index contributed by atoms with van der Waals surface area (Å²) < 4.78 is 41.1. The van der Waals surface area contributed by atoms with Gasteiger partial charge in [-0.2, -0.15) is 13.2 Å². The van der Waals surface area contributed by atoms with Crippen LogP contribution in [0, 0.1) is 0 Å². The molecule has 0 aromatic carbocycles. The molecule has 9 heteroatoms. The van der Waals surface area contributed by atoms with Gasteiger partial charge >= 0.3 is 6.18 Å². The Morgan fingerprint density at radius 1 is 1.04 bits per heavy atom. The van der Waals surface area contributed by atoms with E-state index in [0.29, 0.717) is 11.9 Å². The van der Waals surface area contributed by atoms with Crippen LogP contribution in [0.3, 0.4) is 0 Å². The van der Waals surface area contributed by atoms with Crippen molar-refractivity contribution in [2.75, 3.05) is 24.5 Å². The number of aromatic nitrogens is 4. The van der Waals surface area contributed by atoms with Crippen molar-refractivity contribution < 1.29 is 13.2 Å². The summed E-state index contributed by atoms with van der Waals surface area (Å²) in [6, 6.07) is 1.64. The smallest absolute Gasteiger partial charge is 0.350 e. The predicted molar refractivity (Wildman–Crippen MR) is 94.2 cm³/mol. The highest BCUT2D eigenvalue weighted by atomic mass is 19.4. The van der Waals surface area contributed by atoms with Crippen LogP contribution >= 0.6 is 0 Å². The van der Waals surface area contributed by atoms with E-state index >= 15 is 0 Å². The Morgan fingerprint density at radius 3 is 2.41 bits per heavy atom. The minimum absolute atomic E-state index is 0.234. The summed E-state index contributed by atoms with van der Waals surface area (Å²) in [5.74, 6) is 0.414. The normalized spacial score (nSPS) is 19.4. The number of rotatable bonds is 6. The molecular weight excluding hydrogens is 357 g/mol. The summed E-state index contributed by atoms with van der Waals surface area (Å²) >= 11 is 0. The van der Waals surface area contributed by atoms with E-state index in [1.807, 2.05) is 12.5 Å². The van der Waals surface area contributed by atoms with Gasteiger partial charge in [0.05, 0.1) is 6.33 Å². The number of imidazole rings is 1. The number of halogens is 3. The molecule has 3 heterocycles. The zero-order valence-electron chi connectivity index (χ0n) is 15.0. The second-order valence-electron chi connectivity index (χ2n) is 7.27. The first-order valence-electron chi connectivity index (χ1n) is 9.36. The fraction of sp³-hybridized carbons (Fsp3) is 0.611. The van der Waals surface area contributed by atoms with Crippen LogP contribution in [0.2, 0.25) is 0 Å². The van der Waals surface area contributed by atoms with Crippen molar-refractivity contribution in [3.63, 3.8) is 0 Å². The standard InChI is InChI=1S/C18H23F3N6/c19-18(20,21)16-11-17(24-12-23-16)27(14-1-2-14)15-3-6-25(7-4-15)9-10-26-8-5-22-13-26/h5,8,11-15H,1-4,6-7,9-10H2. The summed E-state index contributed by atoms with van der Waals surface area (Å²) in [5.41, 5.74) is -0.865. The molecule has 1 aliphatic carbocycles. The van der Waals surface area contributed by atoms with Gasteiger partial charge in [0.2, 0.25) is 0 Å². The van der Waals surface area contributed by atoms with E-state index in [0.717, 1.165) is 64.3 Å². The quantitative estimate of drug-likeness (QED) is 0.771. The van der Waals surface area contributed by atoms with Crippen molar-refractivity contribution in [3.05, 3.63) is 36.8 Å². The lowest BCUT2D eigenvalue weighted by Crippen LogP contribution is -2.47. The molecule has 2 aliphatic rings. The Bertz CT molecular complexity index is 736. The third-order valence-electron chi connectivity index (χ3n) is 5.33.